The number of para-hydroxylation sites is 1. The molecule has 0 radical (unpaired) electrons. The zero-order valence-corrected chi connectivity index (χ0v) is 30.3. The van der Waals surface area contributed by atoms with Crippen molar-refractivity contribution in [1.82, 2.24) is 0 Å². The first-order valence-corrected chi connectivity index (χ1v) is 18.9. The van der Waals surface area contributed by atoms with Crippen LogP contribution in [0.1, 0.15) is 0 Å². The largest absolute Gasteiger partial charge is 0.309 e. The van der Waals surface area contributed by atoms with E-state index < -0.39 is 0 Å². The molecule has 0 spiro atoms. The lowest BCUT2D eigenvalue weighted by atomic mass is 9.89. The lowest BCUT2D eigenvalue weighted by Crippen LogP contribution is -2.12. The van der Waals surface area contributed by atoms with E-state index in [4.69, 9.17) is 0 Å². The van der Waals surface area contributed by atoms with Crippen LogP contribution in [0.5, 0.6) is 0 Å². The number of rotatable bonds is 7. The molecule has 0 amide bonds. The second kappa shape index (κ2) is 14.0. The number of fused-ring (bicyclic) bond motifs is 4. The molecule has 0 aliphatic heterocycles. The van der Waals surface area contributed by atoms with E-state index in [0.717, 1.165) is 11.4 Å². The Morgan fingerprint density at radius 1 is 0.255 bits per heavy atom. The monoisotopic (exact) mass is 699 g/mol. The quantitative estimate of drug-likeness (QED) is 0.150. The van der Waals surface area contributed by atoms with Crippen LogP contribution in [-0.2, 0) is 0 Å². The molecule has 258 valence electrons. The van der Waals surface area contributed by atoms with Gasteiger partial charge in [0, 0.05) is 22.3 Å². The summed E-state index contributed by atoms with van der Waals surface area (Å²) in [7, 11) is 0. The van der Waals surface area contributed by atoms with Gasteiger partial charge in [0.2, 0.25) is 0 Å². The van der Waals surface area contributed by atoms with Gasteiger partial charge in [-0.2, -0.15) is 0 Å². The molecule has 0 N–H and O–H groups in total. The highest BCUT2D eigenvalue weighted by molar-refractivity contribution is 6.22. The number of benzene rings is 10. The van der Waals surface area contributed by atoms with E-state index >= 15 is 0 Å². The molecule has 0 atom stereocenters. The van der Waals surface area contributed by atoms with Crippen molar-refractivity contribution in [2.24, 2.45) is 0 Å². The number of hydrogen-bond donors (Lipinski definition) is 0. The molecule has 0 fully saturated rings. The summed E-state index contributed by atoms with van der Waals surface area (Å²) in [5.41, 5.74) is 13.0. The third-order valence-electron chi connectivity index (χ3n) is 10.8. The minimum absolute atomic E-state index is 1.10. The predicted molar refractivity (Wildman–Crippen MR) is 235 cm³/mol. The molecule has 0 aromatic heterocycles. The maximum atomic E-state index is 2.46. The van der Waals surface area contributed by atoms with Crippen LogP contribution >= 0.6 is 0 Å². The van der Waals surface area contributed by atoms with Gasteiger partial charge in [-0.25, -0.2) is 0 Å². The molecule has 1 nitrogen and oxygen atoms in total. The molecule has 10 rings (SSSR count). The molecule has 55 heavy (non-hydrogen) atoms. The second-order valence-electron chi connectivity index (χ2n) is 14.1. The van der Waals surface area contributed by atoms with E-state index in [2.05, 4.69) is 229 Å². The normalized spacial score (nSPS) is 11.3. The summed E-state index contributed by atoms with van der Waals surface area (Å²) in [6.07, 6.45) is 0. The fraction of sp³-hybridized carbons (Fsp3) is 0. The van der Waals surface area contributed by atoms with E-state index in [1.54, 1.807) is 0 Å². The van der Waals surface area contributed by atoms with E-state index in [1.165, 1.54) is 82.5 Å². The standard InChI is InChI=1S/C54H37N/c1-4-17-40(18-5-1)47-35-32-43(37-52(47)41-19-6-2-7-20-41)39-30-33-46(34-31-39)55(45-22-8-3-9-23-45)54-51-27-15-13-25-49(51)48-24-12-14-26-50(48)53(54)44-29-28-38-16-10-11-21-42(38)36-44/h1-37H. The average molecular weight is 700 g/mol. The molecular weight excluding hydrogens is 663 g/mol. The Morgan fingerprint density at radius 3 is 1.44 bits per heavy atom. The Balaban J connectivity index is 1.18. The third kappa shape index (κ3) is 5.93. The van der Waals surface area contributed by atoms with Crippen LogP contribution in [0.4, 0.5) is 17.1 Å². The van der Waals surface area contributed by atoms with Crippen molar-refractivity contribution >= 4 is 49.4 Å². The molecule has 0 aliphatic rings. The van der Waals surface area contributed by atoms with Gasteiger partial charge in [-0.1, -0.05) is 188 Å². The molecule has 1 heteroatoms. The lowest BCUT2D eigenvalue weighted by Gasteiger charge is -2.30. The third-order valence-corrected chi connectivity index (χ3v) is 10.8. The Kier molecular flexibility index (Phi) is 8.24. The van der Waals surface area contributed by atoms with E-state index in [-0.39, 0.29) is 0 Å². The summed E-state index contributed by atoms with van der Waals surface area (Å²) >= 11 is 0. The molecule has 0 saturated heterocycles. The molecule has 10 aromatic rings. The molecule has 10 aromatic carbocycles. The Labute approximate surface area is 322 Å². The maximum absolute atomic E-state index is 2.46. The summed E-state index contributed by atoms with van der Waals surface area (Å²) in [6.45, 7) is 0. The van der Waals surface area contributed by atoms with Gasteiger partial charge in [-0.3, -0.25) is 0 Å². The van der Waals surface area contributed by atoms with Crippen molar-refractivity contribution in [1.29, 1.82) is 0 Å². The summed E-state index contributed by atoms with van der Waals surface area (Å²) < 4.78 is 0. The molecule has 0 saturated carbocycles. The average Bonchev–Trinajstić information content (AvgIpc) is 3.27. The van der Waals surface area contributed by atoms with Crippen LogP contribution in [0, 0.1) is 0 Å². The summed E-state index contributed by atoms with van der Waals surface area (Å²) in [4.78, 5) is 2.46. The lowest BCUT2D eigenvalue weighted by molar-refractivity contribution is 1.30. The van der Waals surface area contributed by atoms with Crippen LogP contribution in [0.25, 0.3) is 76.8 Å². The van der Waals surface area contributed by atoms with Crippen LogP contribution in [0.2, 0.25) is 0 Å². The van der Waals surface area contributed by atoms with Gasteiger partial charge < -0.3 is 4.90 Å². The first-order chi connectivity index (χ1) is 27.3. The molecule has 0 bridgehead atoms. The van der Waals surface area contributed by atoms with Gasteiger partial charge in [0.25, 0.3) is 0 Å². The van der Waals surface area contributed by atoms with E-state index in [1.807, 2.05) is 0 Å². The van der Waals surface area contributed by atoms with Crippen LogP contribution in [0.15, 0.2) is 224 Å². The first kappa shape index (κ1) is 32.4. The fourth-order valence-corrected chi connectivity index (χ4v) is 8.23. The minimum atomic E-state index is 1.10. The fourth-order valence-electron chi connectivity index (χ4n) is 8.23. The topological polar surface area (TPSA) is 3.24 Å². The Hall–Kier alpha value is -7.22. The number of nitrogens with zero attached hydrogens (tertiary/aromatic N) is 1. The smallest absolute Gasteiger partial charge is 0.0624 e. The van der Waals surface area contributed by atoms with Crippen LogP contribution < -0.4 is 4.90 Å². The van der Waals surface area contributed by atoms with Crippen LogP contribution in [-0.4, -0.2) is 0 Å². The van der Waals surface area contributed by atoms with Gasteiger partial charge >= 0.3 is 0 Å². The van der Waals surface area contributed by atoms with Crippen molar-refractivity contribution in [2.75, 3.05) is 4.90 Å². The highest BCUT2D eigenvalue weighted by Crippen LogP contribution is 2.50. The zero-order chi connectivity index (χ0) is 36.6. The van der Waals surface area contributed by atoms with E-state index in [9.17, 15) is 0 Å². The van der Waals surface area contributed by atoms with E-state index in [0.29, 0.717) is 0 Å². The summed E-state index contributed by atoms with van der Waals surface area (Å²) in [5.74, 6) is 0. The molecule has 0 unspecified atom stereocenters. The van der Waals surface area contributed by atoms with Gasteiger partial charge in [0.15, 0.2) is 0 Å². The van der Waals surface area contributed by atoms with Gasteiger partial charge in [-0.15, -0.1) is 0 Å². The van der Waals surface area contributed by atoms with Crippen molar-refractivity contribution in [3.63, 3.8) is 0 Å². The highest BCUT2D eigenvalue weighted by atomic mass is 15.1. The number of hydrogen-bond acceptors (Lipinski definition) is 1. The van der Waals surface area contributed by atoms with Crippen molar-refractivity contribution in [3.8, 4) is 44.5 Å². The molecule has 0 aliphatic carbocycles. The van der Waals surface area contributed by atoms with Crippen molar-refractivity contribution in [3.05, 3.63) is 224 Å². The second-order valence-corrected chi connectivity index (χ2v) is 14.1. The van der Waals surface area contributed by atoms with Crippen LogP contribution in [0.3, 0.4) is 0 Å². The van der Waals surface area contributed by atoms with Gasteiger partial charge in [0.1, 0.15) is 0 Å². The first-order valence-electron chi connectivity index (χ1n) is 18.9. The SMILES string of the molecule is c1ccc(-c2ccc(-c3ccc(N(c4ccccc4)c4c(-c5ccc6ccccc6c5)c5ccccc5c5ccccc45)cc3)cc2-c2ccccc2)cc1. The molecular formula is C54H37N. The zero-order valence-electron chi connectivity index (χ0n) is 30.3. The highest BCUT2D eigenvalue weighted by Gasteiger charge is 2.23. The summed E-state index contributed by atoms with van der Waals surface area (Å²) in [5, 5.41) is 7.40. The molecule has 0 heterocycles. The number of anilines is 3. The van der Waals surface area contributed by atoms with Crippen molar-refractivity contribution < 1.29 is 0 Å². The Bertz CT molecular complexity index is 2950. The maximum Gasteiger partial charge on any atom is 0.0624 e. The summed E-state index contributed by atoms with van der Waals surface area (Å²) in [6, 6.07) is 81.5. The van der Waals surface area contributed by atoms with Crippen molar-refractivity contribution in [2.45, 2.75) is 0 Å². The minimum Gasteiger partial charge on any atom is -0.309 e. The Morgan fingerprint density at radius 2 is 0.745 bits per heavy atom. The van der Waals surface area contributed by atoms with Gasteiger partial charge in [-0.05, 0) is 102 Å². The predicted octanol–water partition coefficient (Wildman–Crippen LogP) is 15.3. The van der Waals surface area contributed by atoms with Gasteiger partial charge in [0.05, 0.1) is 5.69 Å².